The van der Waals surface area contributed by atoms with E-state index < -0.39 is 0 Å². The Kier molecular flexibility index (Phi) is 8.74. The molecule has 126 valence electrons. The summed E-state index contributed by atoms with van der Waals surface area (Å²) in [6, 6.07) is 6.60. The maximum Gasteiger partial charge on any atom is 0.227 e. The first kappa shape index (κ1) is 21.0. The number of hydrogen-bond donors (Lipinski definition) is 1. The molecule has 4 nitrogen and oxygen atoms in total. The molecule has 0 aromatic heterocycles. The zero-order valence-electron chi connectivity index (χ0n) is 12.9. The summed E-state index contributed by atoms with van der Waals surface area (Å²) < 4.78 is 13.7. The number of hydrogen-bond acceptors (Lipinski definition) is 3. The summed E-state index contributed by atoms with van der Waals surface area (Å²) in [5.41, 5.74) is 6.39. The number of nitrogens with zero attached hydrogens (tertiary/aromatic N) is 2. The maximum atomic E-state index is 13.7. The molecular formula is C15H24Cl2FN3O. The van der Waals surface area contributed by atoms with Gasteiger partial charge in [-0.15, -0.1) is 24.8 Å². The second-order valence-corrected chi connectivity index (χ2v) is 5.41. The molecule has 7 heteroatoms. The van der Waals surface area contributed by atoms with Crippen LogP contribution in [0.25, 0.3) is 0 Å². The van der Waals surface area contributed by atoms with Crippen molar-refractivity contribution < 1.29 is 9.18 Å². The Balaban J connectivity index is 0.00000220. The third kappa shape index (κ3) is 4.73. The average molecular weight is 352 g/mol. The summed E-state index contributed by atoms with van der Waals surface area (Å²) in [6.07, 6.45) is 0. The normalized spacial score (nSPS) is 17.1. The molecule has 1 aromatic rings. The first-order chi connectivity index (χ1) is 9.50. The molecule has 1 fully saturated rings. The quantitative estimate of drug-likeness (QED) is 0.908. The summed E-state index contributed by atoms with van der Waals surface area (Å²) in [4.78, 5) is 16.0. The second kappa shape index (κ2) is 9.18. The first-order valence-electron chi connectivity index (χ1n) is 7.04. The minimum Gasteiger partial charge on any atom is -0.366 e. The summed E-state index contributed by atoms with van der Waals surface area (Å²) in [5, 5.41) is 0. The fraction of sp³-hybridized carbons (Fsp3) is 0.533. The van der Waals surface area contributed by atoms with Crippen LogP contribution >= 0.6 is 24.8 Å². The lowest BCUT2D eigenvalue weighted by Crippen LogP contribution is -2.52. The van der Waals surface area contributed by atoms with Crippen molar-refractivity contribution in [1.29, 1.82) is 0 Å². The summed E-state index contributed by atoms with van der Waals surface area (Å²) in [7, 11) is 0. The van der Waals surface area contributed by atoms with Gasteiger partial charge in [-0.25, -0.2) is 4.39 Å². The van der Waals surface area contributed by atoms with Crippen molar-refractivity contribution in [1.82, 2.24) is 4.90 Å². The molecule has 2 atom stereocenters. The number of anilines is 1. The fourth-order valence-corrected chi connectivity index (χ4v) is 2.39. The number of piperazine rings is 1. The third-order valence-electron chi connectivity index (χ3n) is 3.96. The van der Waals surface area contributed by atoms with Crippen molar-refractivity contribution in [3.05, 3.63) is 30.1 Å². The predicted molar refractivity (Wildman–Crippen MR) is 92.5 cm³/mol. The lowest BCUT2D eigenvalue weighted by Gasteiger charge is -2.37. The number of carbonyl (C=O) groups excluding carboxylic acids is 1. The molecule has 0 radical (unpaired) electrons. The molecule has 1 aliphatic heterocycles. The number of carbonyl (C=O) groups is 1. The van der Waals surface area contributed by atoms with Gasteiger partial charge in [0.15, 0.2) is 0 Å². The molecule has 1 aromatic carbocycles. The third-order valence-corrected chi connectivity index (χ3v) is 3.96. The zero-order chi connectivity index (χ0) is 14.7. The Hall–Kier alpha value is -1.04. The lowest BCUT2D eigenvalue weighted by atomic mass is 10.0. The molecule has 0 bridgehead atoms. The van der Waals surface area contributed by atoms with Crippen LogP contribution in [0.2, 0.25) is 0 Å². The van der Waals surface area contributed by atoms with Crippen LogP contribution in [0.3, 0.4) is 0 Å². The summed E-state index contributed by atoms with van der Waals surface area (Å²) >= 11 is 0. The molecule has 0 saturated carbocycles. The van der Waals surface area contributed by atoms with Gasteiger partial charge in [0.1, 0.15) is 5.82 Å². The highest BCUT2D eigenvalue weighted by Crippen LogP contribution is 2.20. The van der Waals surface area contributed by atoms with E-state index in [1.54, 1.807) is 12.1 Å². The van der Waals surface area contributed by atoms with Gasteiger partial charge in [-0.3, -0.25) is 4.79 Å². The minimum atomic E-state index is -0.212. The Morgan fingerprint density at radius 2 is 1.68 bits per heavy atom. The molecule has 0 aliphatic carbocycles. The summed E-state index contributed by atoms with van der Waals surface area (Å²) in [5.74, 6) is -0.292. The van der Waals surface area contributed by atoms with Gasteiger partial charge in [0.2, 0.25) is 5.91 Å². The van der Waals surface area contributed by atoms with E-state index in [0.29, 0.717) is 31.9 Å². The molecule has 22 heavy (non-hydrogen) atoms. The molecule has 1 aliphatic rings. The summed E-state index contributed by atoms with van der Waals surface area (Å²) in [6.45, 7) is 6.24. The van der Waals surface area contributed by atoms with Crippen LogP contribution < -0.4 is 10.6 Å². The Morgan fingerprint density at radius 1 is 1.14 bits per heavy atom. The van der Waals surface area contributed by atoms with Gasteiger partial charge in [0.25, 0.3) is 0 Å². The Morgan fingerprint density at radius 3 is 2.18 bits per heavy atom. The fourth-order valence-electron chi connectivity index (χ4n) is 2.39. The van der Waals surface area contributed by atoms with Gasteiger partial charge in [-0.2, -0.15) is 0 Å². The first-order valence-corrected chi connectivity index (χ1v) is 7.04. The van der Waals surface area contributed by atoms with Crippen molar-refractivity contribution in [2.24, 2.45) is 11.7 Å². The topological polar surface area (TPSA) is 49.6 Å². The zero-order valence-corrected chi connectivity index (χ0v) is 14.5. The predicted octanol–water partition coefficient (Wildman–Crippen LogP) is 2.30. The standard InChI is InChI=1S/C15H22FN3O.2ClH/c1-11(12(2)17)15(20)19-9-7-18(8-10-19)14-6-4-3-5-13(14)16;;/h3-6,11-12H,7-10,17H2,1-2H3;2*1H. The Labute approximate surface area is 143 Å². The van der Waals surface area contributed by atoms with Gasteiger partial charge in [-0.1, -0.05) is 19.1 Å². The average Bonchev–Trinajstić information content (AvgIpc) is 2.46. The highest BCUT2D eigenvalue weighted by Gasteiger charge is 2.27. The van der Waals surface area contributed by atoms with Crippen molar-refractivity contribution in [2.75, 3.05) is 31.1 Å². The van der Waals surface area contributed by atoms with Crippen LogP contribution in [-0.2, 0) is 4.79 Å². The van der Waals surface area contributed by atoms with Crippen molar-refractivity contribution in [3.8, 4) is 0 Å². The molecule has 2 unspecified atom stereocenters. The molecule has 2 N–H and O–H groups in total. The second-order valence-electron chi connectivity index (χ2n) is 5.41. The molecule has 2 rings (SSSR count). The van der Waals surface area contributed by atoms with E-state index in [0.717, 1.165) is 0 Å². The van der Waals surface area contributed by atoms with Crippen molar-refractivity contribution in [2.45, 2.75) is 19.9 Å². The van der Waals surface area contributed by atoms with E-state index in [4.69, 9.17) is 5.73 Å². The van der Waals surface area contributed by atoms with Crippen molar-refractivity contribution >= 4 is 36.4 Å². The van der Waals surface area contributed by atoms with Crippen LogP contribution in [0.1, 0.15) is 13.8 Å². The number of benzene rings is 1. The van der Waals surface area contributed by atoms with Crippen molar-refractivity contribution in [3.63, 3.8) is 0 Å². The number of rotatable bonds is 3. The monoisotopic (exact) mass is 351 g/mol. The maximum absolute atomic E-state index is 13.7. The van der Waals surface area contributed by atoms with Crippen LogP contribution in [0, 0.1) is 11.7 Å². The van der Waals surface area contributed by atoms with Gasteiger partial charge < -0.3 is 15.5 Å². The molecule has 0 spiro atoms. The molecular weight excluding hydrogens is 328 g/mol. The number of halogens is 3. The van der Waals surface area contributed by atoms with Crippen LogP contribution in [0.15, 0.2) is 24.3 Å². The van der Waals surface area contributed by atoms with Crippen LogP contribution in [-0.4, -0.2) is 43.0 Å². The van der Waals surface area contributed by atoms with Gasteiger partial charge in [-0.05, 0) is 19.1 Å². The smallest absolute Gasteiger partial charge is 0.227 e. The number of amides is 1. The SMILES string of the molecule is CC(N)C(C)C(=O)N1CCN(c2ccccc2F)CC1.Cl.Cl. The van der Waals surface area contributed by atoms with E-state index in [1.165, 1.54) is 6.07 Å². The molecule has 1 heterocycles. The van der Waals surface area contributed by atoms with Crippen LogP contribution in [0.5, 0.6) is 0 Å². The largest absolute Gasteiger partial charge is 0.366 e. The van der Waals surface area contributed by atoms with Gasteiger partial charge >= 0.3 is 0 Å². The molecule has 1 amide bonds. The highest BCUT2D eigenvalue weighted by molar-refractivity contribution is 5.85. The van der Waals surface area contributed by atoms with Gasteiger partial charge in [0, 0.05) is 32.2 Å². The van der Waals surface area contributed by atoms with E-state index in [-0.39, 0.29) is 48.5 Å². The van der Waals surface area contributed by atoms with Crippen LogP contribution in [0.4, 0.5) is 10.1 Å². The van der Waals surface area contributed by atoms with Gasteiger partial charge in [0.05, 0.1) is 11.6 Å². The van der Waals surface area contributed by atoms with E-state index in [2.05, 4.69) is 0 Å². The van der Waals surface area contributed by atoms with E-state index in [1.807, 2.05) is 29.7 Å². The minimum absolute atomic E-state index is 0. The number of para-hydroxylation sites is 1. The lowest BCUT2D eigenvalue weighted by molar-refractivity contribution is -0.135. The van der Waals surface area contributed by atoms with E-state index in [9.17, 15) is 9.18 Å². The molecule has 1 saturated heterocycles. The highest BCUT2D eigenvalue weighted by atomic mass is 35.5. The Bertz CT molecular complexity index is 480. The number of nitrogens with two attached hydrogens (primary N) is 1. The van der Waals surface area contributed by atoms with E-state index >= 15 is 0 Å².